The zero-order valence-corrected chi connectivity index (χ0v) is 38.6. The number of thioether (sulfide) groups is 1. The van der Waals surface area contributed by atoms with Gasteiger partial charge in [-0.3, -0.25) is 9.59 Å². The van der Waals surface area contributed by atoms with E-state index < -0.39 is 5.97 Å². The maximum atomic E-state index is 12.7. The summed E-state index contributed by atoms with van der Waals surface area (Å²) >= 11 is 2.20. The Labute approximate surface area is 356 Å². The van der Waals surface area contributed by atoms with E-state index in [4.69, 9.17) is 0 Å². The van der Waals surface area contributed by atoms with Crippen LogP contribution in [0.5, 0.6) is 0 Å². The SMILES string of the molecule is CCCCCCCCCCCCSCCCCCCCCCCCCCCCCC(=O)N(CC)CCCCCCCCCCC(=O)NCCC(=O)[O-].[Na+]. The van der Waals surface area contributed by atoms with Crippen molar-refractivity contribution >= 4 is 29.5 Å². The summed E-state index contributed by atoms with van der Waals surface area (Å²) in [6.07, 6.45) is 43.3. The molecular weight excluding hydrogens is 688 g/mol. The summed E-state index contributed by atoms with van der Waals surface area (Å²) in [4.78, 5) is 36.7. The summed E-state index contributed by atoms with van der Waals surface area (Å²) in [5, 5.41) is 13.0. The third kappa shape index (κ3) is 44.3. The number of rotatable bonds is 43. The molecule has 1 N–H and O–H groups in total. The molecule has 0 aromatic carbocycles. The summed E-state index contributed by atoms with van der Waals surface area (Å²) in [6, 6.07) is 0. The first-order valence-corrected chi connectivity index (χ1v) is 24.0. The zero-order valence-electron chi connectivity index (χ0n) is 35.8. The van der Waals surface area contributed by atoms with Gasteiger partial charge in [-0.2, -0.15) is 11.8 Å². The molecule has 0 bridgehead atoms. The number of aliphatic carboxylic acids is 1. The molecule has 2 amide bonds. The predicted molar refractivity (Wildman–Crippen MR) is 225 cm³/mol. The maximum Gasteiger partial charge on any atom is 1.00 e. The summed E-state index contributed by atoms with van der Waals surface area (Å²) < 4.78 is 0. The molecule has 0 rings (SSSR count). The van der Waals surface area contributed by atoms with E-state index in [9.17, 15) is 19.5 Å². The van der Waals surface area contributed by atoms with Crippen molar-refractivity contribution in [2.24, 2.45) is 0 Å². The van der Waals surface area contributed by atoms with Crippen LogP contribution in [0.2, 0.25) is 0 Å². The molecule has 0 spiro atoms. The van der Waals surface area contributed by atoms with Gasteiger partial charge in [0.2, 0.25) is 11.8 Å². The average molecular weight is 775 g/mol. The van der Waals surface area contributed by atoms with Gasteiger partial charge in [-0.05, 0) is 50.5 Å². The summed E-state index contributed by atoms with van der Waals surface area (Å²) in [6.45, 7) is 6.26. The smallest absolute Gasteiger partial charge is 0.550 e. The largest absolute Gasteiger partial charge is 1.00 e. The van der Waals surface area contributed by atoms with Crippen LogP contribution in [0.3, 0.4) is 0 Å². The van der Waals surface area contributed by atoms with Gasteiger partial charge in [-0.1, -0.05) is 180 Å². The first-order chi connectivity index (χ1) is 25.5. The van der Waals surface area contributed by atoms with Gasteiger partial charge in [0.1, 0.15) is 0 Å². The second kappa shape index (κ2) is 46.1. The Hall–Kier alpha value is -0.240. The topological polar surface area (TPSA) is 89.5 Å². The van der Waals surface area contributed by atoms with Crippen LogP contribution in [0.4, 0.5) is 0 Å². The Morgan fingerprint density at radius 3 is 1.23 bits per heavy atom. The molecule has 0 saturated carbocycles. The third-order valence-corrected chi connectivity index (χ3v) is 11.7. The monoisotopic (exact) mass is 775 g/mol. The molecule has 53 heavy (non-hydrogen) atoms. The number of carbonyl (C=O) groups is 3. The van der Waals surface area contributed by atoms with E-state index in [-0.39, 0.29) is 48.4 Å². The Morgan fingerprint density at radius 2 is 0.830 bits per heavy atom. The van der Waals surface area contributed by atoms with E-state index in [1.54, 1.807) is 0 Å². The number of carboxylic acids is 1. The summed E-state index contributed by atoms with van der Waals surface area (Å²) in [5.74, 6) is 1.89. The molecule has 0 heterocycles. The van der Waals surface area contributed by atoms with Crippen molar-refractivity contribution in [1.29, 1.82) is 0 Å². The number of carboxylic acid groups (broad SMARTS) is 1. The molecule has 0 aliphatic heterocycles. The van der Waals surface area contributed by atoms with Gasteiger partial charge >= 0.3 is 29.6 Å². The Bertz CT molecular complexity index is 788. The van der Waals surface area contributed by atoms with Crippen LogP contribution in [-0.4, -0.2) is 53.8 Å². The maximum absolute atomic E-state index is 12.7. The number of nitrogens with one attached hydrogen (secondary N) is 1. The normalized spacial score (nSPS) is 11.1. The van der Waals surface area contributed by atoms with Crippen molar-refractivity contribution < 1.29 is 49.0 Å². The standard InChI is InChI=1S/C45H88N2O4S.Na/c1-3-5-6-7-8-9-19-24-29-34-41-52-42-35-30-25-20-15-13-11-10-12-14-16-22-27-32-37-44(49)47(4-2)40-33-28-23-18-17-21-26-31-36-43(48)46-39-38-45(50)51;/h3-42H2,1-2H3,(H,46,48)(H,50,51);/q;+1/p-1. The summed E-state index contributed by atoms with van der Waals surface area (Å²) in [5.41, 5.74) is 0. The molecule has 8 heteroatoms. The molecule has 0 aliphatic carbocycles. The van der Waals surface area contributed by atoms with Gasteiger partial charge in [-0.25, -0.2) is 0 Å². The molecule has 0 saturated heterocycles. The molecule has 0 radical (unpaired) electrons. The van der Waals surface area contributed by atoms with Gasteiger partial charge in [0.15, 0.2) is 0 Å². The quantitative estimate of drug-likeness (QED) is 0.0494. The molecule has 0 aromatic rings. The van der Waals surface area contributed by atoms with Gasteiger partial charge in [0.05, 0.1) is 0 Å². The molecule has 0 unspecified atom stereocenters. The second-order valence-electron chi connectivity index (χ2n) is 15.5. The molecule has 0 aromatic heterocycles. The van der Waals surface area contributed by atoms with E-state index in [0.717, 1.165) is 45.2 Å². The van der Waals surface area contributed by atoms with Crippen LogP contribution >= 0.6 is 11.8 Å². The minimum atomic E-state index is -1.13. The van der Waals surface area contributed by atoms with Crippen molar-refractivity contribution in [3.8, 4) is 0 Å². The zero-order chi connectivity index (χ0) is 38.0. The van der Waals surface area contributed by atoms with E-state index >= 15 is 0 Å². The average Bonchev–Trinajstić information content (AvgIpc) is 3.13. The van der Waals surface area contributed by atoms with Crippen molar-refractivity contribution in [3.05, 3.63) is 0 Å². The predicted octanol–water partition coefficient (Wildman–Crippen LogP) is 9.11. The van der Waals surface area contributed by atoms with E-state index in [0.29, 0.717) is 18.7 Å². The van der Waals surface area contributed by atoms with Crippen LogP contribution in [0.1, 0.15) is 239 Å². The number of hydrogen-bond donors (Lipinski definition) is 1. The first kappa shape index (κ1) is 54.9. The summed E-state index contributed by atoms with van der Waals surface area (Å²) in [7, 11) is 0. The first-order valence-electron chi connectivity index (χ1n) is 22.8. The van der Waals surface area contributed by atoms with Gasteiger partial charge in [0, 0.05) is 44.9 Å². The van der Waals surface area contributed by atoms with E-state index in [2.05, 4.69) is 35.8 Å². The van der Waals surface area contributed by atoms with Gasteiger partial charge < -0.3 is 20.1 Å². The number of carbonyl (C=O) groups excluding carboxylic acids is 3. The number of amides is 2. The fourth-order valence-corrected chi connectivity index (χ4v) is 8.07. The number of nitrogens with zero attached hydrogens (tertiary/aromatic N) is 1. The minimum absolute atomic E-state index is 0. The van der Waals surface area contributed by atoms with Crippen molar-refractivity contribution in [2.75, 3.05) is 31.1 Å². The minimum Gasteiger partial charge on any atom is -0.550 e. The molecule has 0 aliphatic rings. The Kier molecular flexibility index (Phi) is 47.8. The second-order valence-corrected chi connectivity index (χ2v) is 16.7. The van der Waals surface area contributed by atoms with Crippen molar-refractivity contribution in [1.82, 2.24) is 10.2 Å². The fourth-order valence-electron chi connectivity index (χ4n) is 7.05. The number of hydrogen-bond acceptors (Lipinski definition) is 5. The van der Waals surface area contributed by atoms with Crippen LogP contribution in [0.15, 0.2) is 0 Å². The Balaban J connectivity index is 0. The fraction of sp³-hybridized carbons (Fsp3) is 0.933. The van der Waals surface area contributed by atoms with Crippen LogP contribution < -0.4 is 40.0 Å². The molecule has 6 nitrogen and oxygen atoms in total. The van der Waals surface area contributed by atoms with E-state index in [1.807, 2.05) is 0 Å². The molecule has 0 fully saturated rings. The van der Waals surface area contributed by atoms with Crippen LogP contribution in [0, 0.1) is 0 Å². The molecular formula is C45H87N2NaO4S. The van der Waals surface area contributed by atoms with Crippen LogP contribution in [0.25, 0.3) is 0 Å². The van der Waals surface area contributed by atoms with E-state index in [1.165, 1.54) is 185 Å². The van der Waals surface area contributed by atoms with Gasteiger partial charge in [-0.15, -0.1) is 0 Å². The van der Waals surface area contributed by atoms with Crippen molar-refractivity contribution in [2.45, 2.75) is 239 Å². The third-order valence-electron chi connectivity index (χ3n) is 10.5. The van der Waals surface area contributed by atoms with Crippen molar-refractivity contribution in [3.63, 3.8) is 0 Å². The molecule has 308 valence electrons. The molecule has 0 atom stereocenters. The Morgan fingerprint density at radius 1 is 0.472 bits per heavy atom. The van der Waals surface area contributed by atoms with Crippen LogP contribution in [-0.2, 0) is 14.4 Å². The number of unbranched alkanes of at least 4 members (excludes halogenated alkanes) is 29. The van der Waals surface area contributed by atoms with Gasteiger partial charge in [0.25, 0.3) is 0 Å².